The molecule has 2 aromatic rings. The number of hydrogen-bond donors (Lipinski definition) is 1. The maximum Gasteiger partial charge on any atom is 0.407 e. The number of ether oxygens (including phenoxy) is 3. The number of carbonyl (C=O) groups excluding carboxylic acids is 2. The zero-order valence-corrected chi connectivity index (χ0v) is 27.1. The molecule has 0 bridgehead atoms. The smallest absolute Gasteiger partial charge is 0.407 e. The summed E-state index contributed by atoms with van der Waals surface area (Å²) in [5, 5.41) is 9.91. The third-order valence-corrected chi connectivity index (χ3v) is 9.01. The van der Waals surface area contributed by atoms with Gasteiger partial charge in [-0.25, -0.2) is 14.2 Å². The second-order valence-electron chi connectivity index (χ2n) is 12.7. The third kappa shape index (κ3) is 7.76. The van der Waals surface area contributed by atoms with Crippen LogP contribution in [-0.4, -0.2) is 119 Å². The summed E-state index contributed by atoms with van der Waals surface area (Å²) < 4.78 is 30.7. The summed E-state index contributed by atoms with van der Waals surface area (Å²) in [7, 11) is 0. The van der Waals surface area contributed by atoms with E-state index in [2.05, 4.69) is 16.7 Å². The predicted octanol–water partition coefficient (Wildman–Crippen LogP) is 3.15. The zero-order chi connectivity index (χ0) is 33.1. The predicted molar refractivity (Wildman–Crippen MR) is 167 cm³/mol. The van der Waals surface area contributed by atoms with Gasteiger partial charge in [0.05, 0.1) is 31.0 Å². The van der Waals surface area contributed by atoms with E-state index in [1.807, 2.05) is 26.8 Å². The van der Waals surface area contributed by atoms with Crippen molar-refractivity contribution in [1.82, 2.24) is 19.7 Å². The van der Waals surface area contributed by atoms with Gasteiger partial charge in [0.25, 0.3) is 0 Å². The molecule has 13 heteroatoms. The van der Waals surface area contributed by atoms with E-state index in [1.165, 1.54) is 24.0 Å². The summed E-state index contributed by atoms with van der Waals surface area (Å²) in [5.74, 6) is -0.677. The number of piperazine rings is 1. The molecule has 0 unspecified atom stereocenters. The molecule has 1 aromatic carbocycles. The van der Waals surface area contributed by atoms with Gasteiger partial charge in [0, 0.05) is 51.2 Å². The van der Waals surface area contributed by atoms with Gasteiger partial charge in [-0.15, -0.1) is 0 Å². The van der Waals surface area contributed by atoms with Crippen molar-refractivity contribution >= 4 is 23.7 Å². The Kier molecular flexibility index (Phi) is 10.4. The van der Waals surface area contributed by atoms with E-state index < -0.39 is 12.1 Å². The number of carbonyl (C=O) groups is 3. The van der Waals surface area contributed by atoms with E-state index in [0.717, 1.165) is 17.7 Å². The molecule has 5 rings (SSSR count). The van der Waals surface area contributed by atoms with Gasteiger partial charge in [0.1, 0.15) is 24.7 Å². The van der Waals surface area contributed by atoms with Crippen LogP contribution in [0.3, 0.4) is 0 Å². The molecular weight excluding hydrogens is 597 g/mol. The van der Waals surface area contributed by atoms with Crippen molar-refractivity contribution in [1.29, 1.82) is 0 Å². The minimum atomic E-state index is -0.966. The maximum atomic E-state index is 14.2. The number of rotatable bonds is 8. The van der Waals surface area contributed by atoms with Crippen molar-refractivity contribution in [3.63, 3.8) is 0 Å². The molecule has 3 aliphatic heterocycles. The molecule has 2 fully saturated rings. The van der Waals surface area contributed by atoms with Crippen molar-refractivity contribution in [2.24, 2.45) is 0 Å². The molecule has 12 nitrogen and oxygen atoms in total. The molecule has 1 N–H and O–H groups in total. The van der Waals surface area contributed by atoms with Crippen molar-refractivity contribution in [2.45, 2.75) is 77.9 Å². The summed E-state index contributed by atoms with van der Waals surface area (Å²) in [5.41, 5.74) is 2.55. The number of benzene rings is 1. The summed E-state index contributed by atoms with van der Waals surface area (Å²) in [4.78, 5) is 50.3. The minimum Gasteiger partial charge on any atom is -0.474 e. The number of hydrogen-bond acceptors (Lipinski definition) is 9. The number of esters is 1. The van der Waals surface area contributed by atoms with Crippen LogP contribution in [0.25, 0.3) is 0 Å². The van der Waals surface area contributed by atoms with Crippen LogP contribution >= 0.6 is 0 Å². The van der Waals surface area contributed by atoms with Crippen molar-refractivity contribution in [3.05, 3.63) is 53.0 Å². The lowest BCUT2D eigenvalue weighted by atomic mass is 10.0. The van der Waals surface area contributed by atoms with Gasteiger partial charge in [0.2, 0.25) is 11.8 Å². The number of anilines is 1. The topological polar surface area (TPSA) is 125 Å². The first-order valence-corrected chi connectivity index (χ1v) is 15.8. The molecule has 0 spiro atoms. The van der Waals surface area contributed by atoms with Crippen LogP contribution in [0.1, 0.15) is 51.4 Å². The highest BCUT2D eigenvalue weighted by atomic mass is 19.1. The van der Waals surface area contributed by atoms with Crippen LogP contribution in [0.4, 0.5) is 14.9 Å². The van der Waals surface area contributed by atoms with E-state index in [9.17, 15) is 23.9 Å². The average molecular weight is 642 g/mol. The Morgan fingerprint density at radius 1 is 1.00 bits per heavy atom. The molecule has 250 valence electrons. The molecule has 46 heavy (non-hydrogen) atoms. The van der Waals surface area contributed by atoms with Gasteiger partial charge in [-0.2, -0.15) is 0 Å². The van der Waals surface area contributed by atoms with E-state index >= 15 is 0 Å². The van der Waals surface area contributed by atoms with Gasteiger partial charge >= 0.3 is 12.1 Å². The second-order valence-corrected chi connectivity index (χ2v) is 12.7. The number of fused-ring (bicyclic) bond motifs is 1. The summed E-state index contributed by atoms with van der Waals surface area (Å²) >= 11 is 0. The number of amides is 2. The van der Waals surface area contributed by atoms with E-state index in [4.69, 9.17) is 19.2 Å². The van der Waals surface area contributed by atoms with Crippen molar-refractivity contribution in [2.75, 3.05) is 50.8 Å². The van der Waals surface area contributed by atoms with Gasteiger partial charge in [-0.05, 0) is 63.4 Å². The fraction of sp³-hybridized carbons (Fsp3) is 0.576. The Balaban J connectivity index is 1.43. The first-order valence-electron chi connectivity index (χ1n) is 15.8. The number of nitrogens with zero attached hydrogens (tertiary/aromatic N) is 5. The molecular formula is C33H44FN5O7. The van der Waals surface area contributed by atoms with E-state index in [0.29, 0.717) is 44.0 Å². The van der Waals surface area contributed by atoms with E-state index in [1.54, 1.807) is 17.0 Å². The highest BCUT2D eigenvalue weighted by Crippen LogP contribution is 2.36. The summed E-state index contributed by atoms with van der Waals surface area (Å²) in [6, 6.07) is 7.36. The quantitative estimate of drug-likeness (QED) is 0.430. The Morgan fingerprint density at radius 3 is 2.43 bits per heavy atom. The first kappa shape index (κ1) is 33.6. The number of pyridine rings is 1. The molecule has 0 radical (unpaired) electrons. The highest BCUT2D eigenvalue weighted by molar-refractivity contribution is 5.97. The van der Waals surface area contributed by atoms with Gasteiger partial charge in [-0.1, -0.05) is 12.1 Å². The lowest BCUT2D eigenvalue weighted by Crippen LogP contribution is -2.64. The lowest BCUT2D eigenvalue weighted by Gasteiger charge is -2.47. The molecule has 0 aliphatic carbocycles. The normalized spacial score (nSPS) is 25.5. The monoisotopic (exact) mass is 641 g/mol. The van der Waals surface area contributed by atoms with Gasteiger partial charge < -0.3 is 29.1 Å². The molecule has 0 saturated carbocycles. The number of halogens is 1. The first-order chi connectivity index (χ1) is 21.9. The SMILES string of the molecule is CC(=O)OCc1nc2c(cc1Cc1ccc(F)cc1)N(C(=O)CN1C[C@@H](C)N(C(=O)O)C[C@@H]1CN1C[C@H](C)OC[C@H]1C)[C@@H](C)CO2. The number of carboxylic acid groups (broad SMARTS) is 1. The Hall–Kier alpha value is -3.81. The van der Waals surface area contributed by atoms with Crippen LogP contribution in [-0.2, 0) is 32.1 Å². The standard InChI is InChI=1S/C33H44FN5O7/c1-20-12-37(28(15-38(20)33(42)43)14-36-13-23(4)44-17-21(36)2)16-31(41)39-22(3)18-46-32-30(39)11-26(29(35-32)19-45-24(5)40)10-25-6-8-27(34)9-7-25/h6-9,11,20-23,28H,10,12-19H2,1-5H3,(H,42,43)/t20-,21-,22+,23+,28+/m1/s1. The molecule has 2 saturated heterocycles. The van der Waals surface area contributed by atoms with Crippen LogP contribution in [0.2, 0.25) is 0 Å². The Labute approximate surface area is 269 Å². The molecule has 5 atom stereocenters. The van der Waals surface area contributed by atoms with Crippen LogP contribution in [0.5, 0.6) is 5.88 Å². The lowest BCUT2D eigenvalue weighted by molar-refractivity contribution is -0.142. The van der Waals surface area contributed by atoms with E-state index in [-0.39, 0.29) is 67.6 Å². The average Bonchev–Trinajstić information content (AvgIpc) is 3.00. The molecule has 1 aromatic heterocycles. The molecule has 4 heterocycles. The summed E-state index contributed by atoms with van der Waals surface area (Å²) in [6.07, 6.45) is -0.523. The maximum absolute atomic E-state index is 14.2. The molecule has 2 amide bonds. The van der Waals surface area contributed by atoms with Crippen LogP contribution in [0.15, 0.2) is 30.3 Å². The highest BCUT2D eigenvalue weighted by Gasteiger charge is 2.40. The number of aromatic nitrogens is 1. The van der Waals surface area contributed by atoms with Gasteiger partial charge in [0.15, 0.2) is 0 Å². The van der Waals surface area contributed by atoms with Crippen LogP contribution in [0, 0.1) is 5.82 Å². The Bertz CT molecular complexity index is 1430. The zero-order valence-electron chi connectivity index (χ0n) is 27.1. The summed E-state index contributed by atoms with van der Waals surface area (Å²) in [6.45, 7) is 12.1. The van der Waals surface area contributed by atoms with Crippen molar-refractivity contribution < 1.29 is 38.1 Å². The molecule has 3 aliphatic rings. The van der Waals surface area contributed by atoms with Gasteiger partial charge in [-0.3, -0.25) is 19.4 Å². The third-order valence-electron chi connectivity index (χ3n) is 9.01. The fourth-order valence-corrected chi connectivity index (χ4v) is 6.49. The fourth-order valence-electron chi connectivity index (χ4n) is 6.49. The second kappa shape index (κ2) is 14.3. The largest absolute Gasteiger partial charge is 0.474 e. The van der Waals surface area contributed by atoms with Crippen LogP contribution < -0.4 is 9.64 Å². The number of morpholine rings is 1. The minimum absolute atomic E-state index is 0.0671. The van der Waals surface area contributed by atoms with Crippen molar-refractivity contribution in [3.8, 4) is 5.88 Å². The Morgan fingerprint density at radius 2 is 1.74 bits per heavy atom.